The van der Waals surface area contributed by atoms with Crippen LogP contribution >= 0.6 is 0 Å². The normalized spacial score (nSPS) is 17.6. The summed E-state index contributed by atoms with van der Waals surface area (Å²) < 4.78 is 40.7. The molecule has 0 unspecified atom stereocenters. The minimum absolute atomic E-state index is 0.0893. The smallest absolute Gasteiger partial charge is 0.316 e. The van der Waals surface area contributed by atoms with E-state index in [1.807, 2.05) is 35.2 Å². The van der Waals surface area contributed by atoms with Gasteiger partial charge in [0.15, 0.2) is 12.0 Å². The minimum Gasteiger partial charge on any atom is -0.486 e. The number of para-hydroxylation sites is 1. The minimum atomic E-state index is -3.54. The van der Waals surface area contributed by atoms with E-state index < -0.39 is 10.0 Å². The summed E-state index contributed by atoms with van der Waals surface area (Å²) in [7, 11) is -3.54. The van der Waals surface area contributed by atoms with Crippen LogP contribution in [0.4, 0.5) is 5.69 Å². The zero-order valence-electron chi connectivity index (χ0n) is 21.1. The number of piperazine rings is 1. The Labute approximate surface area is 220 Å². The first-order valence-electron chi connectivity index (χ1n) is 12.7. The molecule has 1 aliphatic carbocycles. The average molecular weight is 536 g/mol. The van der Waals surface area contributed by atoms with E-state index in [0.29, 0.717) is 60.8 Å². The molecule has 0 N–H and O–H groups in total. The van der Waals surface area contributed by atoms with Crippen molar-refractivity contribution in [3.8, 4) is 11.4 Å². The number of rotatable bonds is 8. The van der Waals surface area contributed by atoms with Crippen LogP contribution in [-0.2, 0) is 15.8 Å². The van der Waals surface area contributed by atoms with Gasteiger partial charge >= 0.3 is 5.56 Å². The first-order valence-corrected chi connectivity index (χ1v) is 14.3. The molecule has 4 aromatic rings. The molecule has 0 atom stereocenters. The van der Waals surface area contributed by atoms with Gasteiger partial charge in [-0.3, -0.25) is 4.79 Å². The van der Waals surface area contributed by atoms with E-state index >= 15 is 0 Å². The van der Waals surface area contributed by atoms with Crippen molar-refractivity contribution in [1.82, 2.24) is 19.1 Å². The lowest BCUT2D eigenvalue weighted by Gasteiger charge is -2.35. The number of anilines is 1. The van der Waals surface area contributed by atoms with Crippen LogP contribution < -0.4 is 15.2 Å². The molecular weight excluding hydrogens is 506 g/mol. The van der Waals surface area contributed by atoms with Crippen molar-refractivity contribution in [3.05, 3.63) is 77.0 Å². The van der Waals surface area contributed by atoms with Crippen LogP contribution in [0, 0.1) is 5.41 Å². The molecule has 198 valence electrons. The first-order chi connectivity index (χ1) is 18.3. The van der Waals surface area contributed by atoms with Crippen molar-refractivity contribution in [2.75, 3.05) is 37.7 Å². The van der Waals surface area contributed by atoms with Crippen LogP contribution in [0.25, 0.3) is 16.8 Å². The Morgan fingerprint density at radius 1 is 1.05 bits per heavy atom. The second-order valence-electron chi connectivity index (χ2n) is 10.3. The summed E-state index contributed by atoms with van der Waals surface area (Å²) >= 11 is 0. The Kier molecular flexibility index (Phi) is 6.19. The maximum Gasteiger partial charge on any atom is 0.316 e. The van der Waals surface area contributed by atoms with Crippen LogP contribution in [0.1, 0.15) is 25.3 Å². The largest absolute Gasteiger partial charge is 0.486 e. The van der Waals surface area contributed by atoms with E-state index in [9.17, 15) is 13.2 Å². The average Bonchev–Trinajstić information content (AvgIpc) is 3.47. The number of hydrogen-bond acceptors (Lipinski definition) is 8. The quantitative estimate of drug-likeness (QED) is 0.338. The number of ether oxygens (including phenoxy) is 1. The Bertz CT molecular complexity index is 1620. The molecule has 3 heterocycles. The fourth-order valence-corrected chi connectivity index (χ4v) is 6.15. The van der Waals surface area contributed by atoms with Gasteiger partial charge in [-0.1, -0.05) is 31.2 Å². The molecular formula is C27H29N5O5S. The Hall–Kier alpha value is -3.70. The van der Waals surface area contributed by atoms with Gasteiger partial charge in [-0.15, -0.1) is 0 Å². The van der Waals surface area contributed by atoms with E-state index in [4.69, 9.17) is 9.15 Å². The Balaban J connectivity index is 1.21. The summed E-state index contributed by atoms with van der Waals surface area (Å²) in [6.45, 7) is 4.04. The third-order valence-electron chi connectivity index (χ3n) is 7.30. The van der Waals surface area contributed by atoms with Gasteiger partial charge in [0.2, 0.25) is 15.8 Å². The lowest BCUT2D eigenvalue weighted by atomic mass is 10.2. The van der Waals surface area contributed by atoms with Gasteiger partial charge in [0.25, 0.3) is 0 Å². The van der Waals surface area contributed by atoms with Gasteiger partial charge in [-0.25, -0.2) is 13.4 Å². The predicted molar refractivity (Wildman–Crippen MR) is 143 cm³/mol. The molecule has 1 saturated carbocycles. The van der Waals surface area contributed by atoms with Gasteiger partial charge in [-0.05, 0) is 42.7 Å². The Morgan fingerprint density at radius 3 is 2.55 bits per heavy atom. The highest BCUT2D eigenvalue weighted by Crippen LogP contribution is 2.45. The zero-order chi connectivity index (χ0) is 26.3. The van der Waals surface area contributed by atoms with Crippen molar-refractivity contribution >= 4 is 26.8 Å². The fraction of sp³-hybridized carbons (Fsp3) is 0.370. The number of nitrogens with zero attached hydrogens (tertiary/aromatic N) is 5. The number of benzene rings is 2. The SMILES string of the molecule is CC1(COc2c(N3CCN(S(=O)(=O)Cc4ccc5ncoc5c4)CC3)cnn(-c3ccccc3)c2=O)CC1. The van der Waals surface area contributed by atoms with Crippen molar-refractivity contribution in [3.63, 3.8) is 0 Å². The van der Waals surface area contributed by atoms with Crippen molar-refractivity contribution in [1.29, 1.82) is 0 Å². The maximum atomic E-state index is 13.5. The molecule has 10 nitrogen and oxygen atoms in total. The molecule has 2 aromatic carbocycles. The van der Waals surface area contributed by atoms with E-state index in [1.165, 1.54) is 15.4 Å². The highest BCUT2D eigenvalue weighted by atomic mass is 32.2. The number of fused-ring (bicyclic) bond motifs is 1. The predicted octanol–water partition coefficient (Wildman–Crippen LogP) is 3.20. The second-order valence-corrected chi connectivity index (χ2v) is 12.3. The summed E-state index contributed by atoms with van der Waals surface area (Å²) in [6.07, 6.45) is 5.13. The molecule has 0 radical (unpaired) electrons. The highest BCUT2D eigenvalue weighted by molar-refractivity contribution is 7.88. The van der Waals surface area contributed by atoms with Crippen LogP contribution in [0.3, 0.4) is 0 Å². The molecule has 11 heteroatoms. The molecule has 1 aliphatic heterocycles. The van der Waals surface area contributed by atoms with Crippen LogP contribution in [0.2, 0.25) is 0 Å². The molecule has 2 aliphatic rings. The fourth-order valence-electron chi connectivity index (χ4n) is 4.65. The molecule has 38 heavy (non-hydrogen) atoms. The third kappa shape index (κ3) is 4.91. The van der Waals surface area contributed by atoms with Gasteiger partial charge in [0, 0.05) is 31.6 Å². The summed E-state index contributed by atoms with van der Waals surface area (Å²) in [6, 6.07) is 14.5. The van der Waals surface area contributed by atoms with E-state index in [1.54, 1.807) is 24.4 Å². The topological polar surface area (TPSA) is 111 Å². The van der Waals surface area contributed by atoms with E-state index in [2.05, 4.69) is 17.0 Å². The molecule has 0 spiro atoms. The van der Waals surface area contributed by atoms with Gasteiger partial charge < -0.3 is 14.1 Å². The lowest BCUT2D eigenvalue weighted by molar-refractivity contribution is 0.242. The number of sulfonamides is 1. The van der Waals surface area contributed by atoms with Gasteiger partial charge in [0.1, 0.15) is 11.2 Å². The van der Waals surface area contributed by atoms with Crippen LogP contribution in [0.15, 0.2) is 70.3 Å². The highest BCUT2D eigenvalue weighted by Gasteiger charge is 2.39. The van der Waals surface area contributed by atoms with Gasteiger partial charge in [-0.2, -0.15) is 14.1 Å². The van der Waals surface area contributed by atoms with Gasteiger partial charge in [0.05, 0.1) is 24.2 Å². The Morgan fingerprint density at radius 2 is 1.82 bits per heavy atom. The number of hydrogen-bond donors (Lipinski definition) is 0. The zero-order valence-corrected chi connectivity index (χ0v) is 21.9. The standard InChI is InChI=1S/C27H29N5O5S/c1-27(9-10-27)18-36-25-23(16-29-32(26(25)33)21-5-3-2-4-6-21)30-11-13-31(14-12-30)38(34,35)17-20-7-8-22-24(15-20)37-19-28-22/h2-8,15-16,19H,9-14,17-18H2,1H3. The summed E-state index contributed by atoms with van der Waals surface area (Å²) in [5, 5.41) is 4.43. The molecule has 2 aromatic heterocycles. The third-order valence-corrected chi connectivity index (χ3v) is 9.15. The summed E-state index contributed by atoms with van der Waals surface area (Å²) in [4.78, 5) is 19.6. The molecule has 6 rings (SSSR count). The summed E-state index contributed by atoms with van der Waals surface area (Å²) in [5.41, 5.74) is 2.92. The molecule has 0 amide bonds. The number of oxazole rings is 1. The van der Waals surface area contributed by atoms with Crippen molar-refractivity contribution in [2.24, 2.45) is 5.41 Å². The number of aromatic nitrogens is 3. The molecule has 1 saturated heterocycles. The maximum absolute atomic E-state index is 13.5. The van der Waals surface area contributed by atoms with Crippen LogP contribution in [0.5, 0.6) is 5.75 Å². The molecule has 2 fully saturated rings. The lowest BCUT2D eigenvalue weighted by Crippen LogP contribution is -2.49. The monoisotopic (exact) mass is 535 g/mol. The van der Waals surface area contributed by atoms with Crippen molar-refractivity contribution in [2.45, 2.75) is 25.5 Å². The van der Waals surface area contributed by atoms with Crippen molar-refractivity contribution < 1.29 is 17.6 Å². The first kappa shape index (κ1) is 24.6. The molecule has 0 bridgehead atoms. The van der Waals surface area contributed by atoms with Crippen LogP contribution in [-0.4, -0.2) is 60.3 Å². The van der Waals surface area contributed by atoms with E-state index in [-0.39, 0.29) is 22.5 Å². The summed E-state index contributed by atoms with van der Waals surface area (Å²) in [5.74, 6) is 0.138. The van der Waals surface area contributed by atoms with E-state index in [0.717, 1.165) is 12.8 Å². The second kappa shape index (κ2) is 9.55.